The maximum atomic E-state index is 12.4. The molecule has 0 saturated carbocycles. The van der Waals surface area contributed by atoms with Gasteiger partial charge >= 0.3 is 0 Å². The summed E-state index contributed by atoms with van der Waals surface area (Å²) in [5.74, 6) is 1.26. The average molecular weight is 328 g/mol. The Labute approximate surface area is 142 Å². The summed E-state index contributed by atoms with van der Waals surface area (Å²) >= 11 is 0. The number of anilines is 2. The van der Waals surface area contributed by atoms with Crippen LogP contribution in [0.4, 0.5) is 11.5 Å². The van der Waals surface area contributed by atoms with Gasteiger partial charge < -0.3 is 15.0 Å². The molecule has 0 unspecified atom stereocenters. The molecular formula is C18H24N4O2. The highest BCUT2D eigenvalue weighted by Crippen LogP contribution is 2.18. The van der Waals surface area contributed by atoms with E-state index in [1.54, 1.807) is 6.07 Å². The van der Waals surface area contributed by atoms with Gasteiger partial charge in [-0.1, -0.05) is 0 Å². The van der Waals surface area contributed by atoms with Crippen LogP contribution in [0.1, 0.15) is 38.2 Å². The summed E-state index contributed by atoms with van der Waals surface area (Å²) in [7, 11) is 0. The van der Waals surface area contributed by atoms with Crippen molar-refractivity contribution in [1.82, 2.24) is 9.97 Å². The van der Waals surface area contributed by atoms with Crippen LogP contribution >= 0.6 is 0 Å². The summed E-state index contributed by atoms with van der Waals surface area (Å²) in [5.41, 5.74) is 1.04. The number of benzene rings is 1. The fourth-order valence-corrected chi connectivity index (χ4v) is 2.28. The molecule has 0 saturated heterocycles. The van der Waals surface area contributed by atoms with Gasteiger partial charge in [0, 0.05) is 24.8 Å². The van der Waals surface area contributed by atoms with Crippen LogP contribution in [0.5, 0.6) is 5.75 Å². The number of carbonyl (C=O) groups excluding carboxylic acids is 1. The third kappa shape index (κ3) is 4.68. The molecule has 24 heavy (non-hydrogen) atoms. The van der Waals surface area contributed by atoms with Crippen molar-refractivity contribution >= 4 is 17.4 Å². The Hall–Kier alpha value is -2.63. The number of hydrogen-bond donors (Lipinski definition) is 1. The number of rotatable bonds is 7. The molecule has 128 valence electrons. The van der Waals surface area contributed by atoms with E-state index < -0.39 is 0 Å². The molecule has 0 fully saturated rings. The summed E-state index contributed by atoms with van der Waals surface area (Å²) in [6, 6.07) is 8.98. The van der Waals surface area contributed by atoms with Gasteiger partial charge in [-0.3, -0.25) is 4.79 Å². The SMILES string of the molecule is CCN(CC)c1cc(C(=O)Nc2ccc(OC(C)C)cc2)ncn1. The third-order valence-corrected chi connectivity index (χ3v) is 3.46. The molecule has 0 spiro atoms. The number of carbonyl (C=O) groups is 1. The summed E-state index contributed by atoms with van der Waals surface area (Å²) < 4.78 is 5.59. The molecule has 0 radical (unpaired) electrons. The van der Waals surface area contributed by atoms with Crippen LogP contribution in [0.2, 0.25) is 0 Å². The lowest BCUT2D eigenvalue weighted by Crippen LogP contribution is -2.24. The van der Waals surface area contributed by atoms with Crippen LogP contribution in [0, 0.1) is 0 Å². The predicted molar refractivity (Wildman–Crippen MR) is 95.8 cm³/mol. The monoisotopic (exact) mass is 328 g/mol. The van der Waals surface area contributed by atoms with Gasteiger partial charge in [0.05, 0.1) is 6.10 Å². The highest BCUT2D eigenvalue weighted by molar-refractivity contribution is 6.03. The molecule has 1 heterocycles. The van der Waals surface area contributed by atoms with E-state index in [4.69, 9.17) is 4.74 Å². The van der Waals surface area contributed by atoms with E-state index in [1.165, 1.54) is 6.33 Å². The minimum absolute atomic E-state index is 0.116. The summed E-state index contributed by atoms with van der Waals surface area (Å²) in [6.07, 6.45) is 1.53. The zero-order valence-corrected chi connectivity index (χ0v) is 14.6. The largest absolute Gasteiger partial charge is 0.491 e. The molecule has 0 aliphatic heterocycles. The molecule has 1 aromatic carbocycles. The first kappa shape index (κ1) is 17.7. The summed E-state index contributed by atoms with van der Waals surface area (Å²) in [4.78, 5) is 22.7. The molecule has 0 aliphatic rings. The number of nitrogens with zero attached hydrogens (tertiary/aromatic N) is 3. The second-order valence-corrected chi connectivity index (χ2v) is 5.58. The molecule has 1 aromatic heterocycles. The van der Waals surface area contributed by atoms with Crippen LogP contribution in [0.15, 0.2) is 36.7 Å². The van der Waals surface area contributed by atoms with Crippen molar-refractivity contribution in [3.63, 3.8) is 0 Å². The van der Waals surface area contributed by atoms with E-state index in [1.807, 2.05) is 52.0 Å². The Morgan fingerprint density at radius 2 is 1.83 bits per heavy atom. The summed E-state index contributed by atoms with van der Waals surface area (Å²) in [6.45, 7) is 9.69. The second-order valence-electron chi connectivity index (χ2n) is 5.58. The van der Waals surface area contributed by atoms with E-state index in [9.17, 15) is 4.79 Å². The van der Waals surface area contributed by atoms with Crippen molar-refractivity contribution in [2.75, 3.05) is 23.3 Å². The molecule has 0 atom stereocenters. The van der Waals surface area contributed by atoms with Gasteiger partial charge in [-0.05, 0) is 52.0 Å². The van der Waals surface area contributed by atoms with Gasteiger partial charge in [-0.15, -0.1) is 0 Å². The van der Waals surface area contributed by atoms with E-state index in [0.29, 0.717) is 11.4 Å². The molecule has 2 rings (SSSR count). The number of ether oxygens (including phenoxy) is 1. The number of nitrogens with one attached hydrogen (secondary N) is 1. The number of amides is 1. The highest BCUT2D eigenvalue weighted by atomic mass is 16.5. The first-order valence-corrected chi connectivity index (χ1v) is 8.18. The van der Waals surface area contributed by atoms with E-state index in [2.05, 4.69) is 20.2 Å². The van der Waals surface area contributed by atoms with Crippen molar-refractivity contribution in [2.24, 2.45) is 0 Å². The topological polar surface area (TPSA) is 67.4 Å². The Kier molecular flexibility index (Phi) is 6.12. The molecule has 1 amide bonds. The van der Waals surface area contributed by atoms with E-state index in [0.717, 1.165) is 24.7 Å². The Bertz CT molecular complexity index is 667. The van der Waals surface area contributed by atoms with Crippen LogP contribution in [-0.2, 0) is 0 Å². The van der Waals surface area contributed by atoms with Crippen molar-refractivity contribution < 1.29 is 9.53 Å². The van der Waals surface area contributed by atoms with Gasteiger partial charge in [0.15, 0.2) is 0 Å². The van der Waals surface area contributed by atoms with Crippen molar-refractivity contribution in [3.05, 3.63) is 42.4 Å². The lowest BCUT2D eigenvalue weighted by atomic mass is 10.2. The lowest BCUT2D eigenvalue weighted by Gasteiger charge is -2.19. The molecular weight excluding hydrogens is 304 g/mol. The van der Waals surface area contributed by atoms with Crippen molar-refractivity contribution in [3.8, 4) is 5.75 Å². The standard InChI is InChI=1S/C18H24N4O2/c1-5-22(6-2)17-11-16(19-12-20-17)18(23)21-14-7-9-15(10-8-14)24-13(3)4/h7-13H,5-6H2,1-4H3,(H,21,23). The maximum Gasteiger partial charge on any atom is 0.274 e. The van der Waals surface area contributed by atoms with Crippen LogP contribution in [0.3, 0.4) is 0 Å². The Morgan fingerprint density at radius 1 is 1.17 bits per heavy atom. The van der Waals surface area contributed by atoms with Crippen LogP contribution in [-0.4, -0.2) is 35.1 Å². The Balaban J connectivity index is 2.08. The highest BCUT2D eigenvalue weighted by Gasteiger charge is 2.11. The zero-order valence-electron chi connectivity index (χ0n) is 14.6. The molecule has 2 aromatic rings. The first-order valence-electron chi connectivity index (χ1n) is 8.18. The Morgan fingerprint density at radius 3 is 2.42 bits per heavy atom. The summed E-state index contributed by atoms with van der Waals surface area (Å²) in [5, 5.41) is 2.84. The quantitative estimate of drug-likeness (QED) is 0.844. The third-order valence-electron chi connectivity index (χ3n) is 3.46. The van der Waals surface area contributed by atoms with Gasteiger partial charge in [0.25, 0.3) is 5.91 Å². The van der Waals surface area contributed by atoms with Gasteiger partial charge in [0.1, 0.15) is 23.6 Å². The zero-order chi connectivity index (χ0) is 17.5. The molecule has 6 heteroatoms. The predicted octanol–water partition coefficient (Wildman–Crippen LogP) is 3.36. The normalized spacial score (nSPS) is 10.5. The van der Waals surface area contributed by atoms with E-state index in [-0.39, 0.29) is 12.0 Å². The minimum Gasteiger partial charge on any atom is -0.491 e. The van der Waals surface area contributed by atoms with Gasteiger partial charge in [-0.25, -0.2) is 9.97 Å². The van der Waals surface area contributed by atoms with Gasteiger partial charge in [0.2, 0.25) is 0 Å². The molecule has 0 bridgehead atoms. The van der Waals surface area contributed by atoms with Gasteiger partial charge in [-0.2, -0.15) is 0 Å². The fourth-order valence-electron chi connectivity index (χ4n) is 2.28. The minimum atomic E-state index is -0.261. The lowest BCUT2D eigenvalue weighted by molar-refractivity contribution is 0.102. The second kappa shape index (κ2) is 8.29. The molecule has 1 N–H and O–H groups in total. The smallest absolute Gasteiger partial charge is 0.274 e. The van der Waals surface area contributed by atoms with Crippen LogP contribution in [0.25, 0.3) is 0 Å². The molecule has 0 aliphatic carbocycles. The van der Waals surface area contributed by atoms with Crippen LogP contribution < -0.4 is 15.0 Å². The number of aromatic nitrogens is 2. The van der Waals surface area contributed by atoms with Crippen molar-refractivity contribution in [1.29, 1.82) is 0 Å². The first-order chi connectivity index (χ1) is 11.5. The van der Waals surface area contributed by atoms with Crippen molar-refractivity contribution in [2.45, 2.75) is 33.8 Å². The number of hydrogen-bond acceptors (Lipinski definition) is 5. The average Bonchev–Trinajstić information content (AvgIpc) is 2.57. The fraction of sp³-hybridized carbons (Fsp3) is 0.389. The maximum absolute atomic E-state index is 12.4. The van der Waals surface area contributed by atoms with E-state index >= 15 is 0 Å². The molecule has 6 nitrogen and oxygen atoms in total.